The van der Waals surface area contributed by atoms with Gasteiger partial charge in [-0.25, -0.2) is 4.99 Å². The van der Waals surface area contributed by atoms with E-state index in [9.17, 15) is 0 Å². The molecule has 0 aliphatic heterocycles. The Morgan fingerprint density at radius 3 is 2.53 bits per heavy atom. The number of hydrogen-bond acceptors (Lipinski definition) is 1. The lowest BCUT2D eigenvalue weighted by Crippen LogP contribution is -2.21. The molecule has 1 aromatic carbocycles. The molecule has 1 aromatic rings. The largest absolute Gasteiger partial charge is 0.370 e. The molecule has 15 heavy (non-hydrogen) atoms. The molecule has 0 aromatic heterocycles. The first-order valence-electron chi connectivity index (χ1n) is 4.51. The van der Waals surface area contributed by atoms with E-state index < -0.39 is 0 Å². The summed E-state index contributed by atoms with van der Waals surface area (Å²) in [4.78, 5) is 3.99. The quantitative estimate of drug-likeness (QED) is 0.664. The SMILES string of the molecule is CCCc1ccc(N=C(N)N)c(Br)c1.Cl. The number of nitrogens with zero attached hydrogens (tertiary/aromatic N) is 1. The number of nitrogens with two attached hydrogens (primary N) is 2. The van der Waals surface area contributed by atoms with Crippen molar-refractivity contribution in [1.82, 2.24) is 0 Å². The zero-order valence-electron chi connectivity index (χ0n) is 8.53. The van der Waals surface area contributed by atoms with Gasteiger partial charge in [0.25, 0.3) is 0 Å². The van der Waals surface area contributed by atoms with Crippen LogP contribution in [0.15, 0.2) is 27.7 Å². The van der Waals surface area contributed by atoms with E-state index in [-0.39, 0.29) is 18.4 Å². The van der Waals surface area contributed by atoms with E-state index in [0.29, 0.717) is 0 Å². The molecule has 0 amide bonds. The van der Waals surface area contributed by atoms with Gasteiger partial charge in [-0.3, -0.25) is 0 Å². The molecule has 0 spiro atoms. The third kappa shape index (κ3) is 4.53. The Labute approximate surface area is 104 Å². The monoisotopic (exact) mass is 291 g/mol. The minimum Gasteiger partial charge on any atom is -0.370 e. The summed E-state index contributed by atoms with van der Waals surface area (Å²) in [6.45, 7) is 2.15. The van der Waals surface area contributed by atoms with E-state index in [4.69, 9.17) is 11.5 Å². The molecule has 0 atom stereocenters. The third-order valence-electron chi connectivity index (χ3n) is 1.80. The molecule has 3 nitrogen and oxygen atoms in total. The predicted octanol–water partition coefficient (Wildman–Crippen LogP) is 2.73. The number of aryl methyl sites for hydroxylation is 1. The number of aliphatic imine (C=N–C) groups is 1. The van der Waals surface area contributed by atoms with Crippen LogP contribution in [0.3, 0.4) is 0 Å². The van der Waals surface area contributed by atoms with E-state index in [2.05, 4.69) is 27.8 Å². The van der Waals surface area contributed by atoms with Crippen LogP contribution in [-0.2, 0) is 6.42 Å². The Morgan fingerprint density at radius 2 is 2.07 bits per heavy atom. The van der Waals surface area contributed by atoms with E-state index in [1.807, 2.05) is 18.2 Å². The van der Waals surface area contributed by atoms with Gasteiger partial charge in [0, 0.05) is 4.47 Å². The summed E-state index contributed by atoms with van der Waals surface area (Å²) >= 11 is 3.43. The number of hydrogen-bond donors (Lipinski definition) is 2. The van der Waals surface area contributed by atoms with Crippen molar-refractivity contribution in [3.8, 4) is 0 Å². The van der Waals surface area contributed by atoms with E-state index in [1.54, 1.807) is 0 Å². The minimum absolute atomic E-state index is 0. The molecule has 0 saturated carbocycles. The molecule has 5 heteroatoms. The molecular formula is C10H15BrClN3. The molecule has 0 bridgehead atoms. The first kappa shape index (κ1) is 14.3. The number of guanidine groups is 1. The maximum absolute atomic E-state index is 5.30. The highest BCUT2D eigenvalue weighted by molar-refractivity contribution is 9.10. The fourth-order valence-corrected chi connectivity index (χ4v) is 1.74. The van der Waals surface area contributed by atoms with Crippen LogP contribution in [0, 0.1) is 0 Å². The molecule has 0 radical (unpaired) electrons. The summed E-state index contributed by atoms with van der Waals surface area (Å²) in [5.41, 5.74) is 12.6. The maximum Gasteiger partial charge on any atom is 0.191 e. The number of benzene rings is 1. The van der Waals surface area contributed by atoms with E-state index in [1.165, 1.54) is 5.56 Å². The van der Waals surface area contributed by atoms with Crippen LogP contribution < -0.4 is 11.5 Å². The smallest absolute Gasteiger partial charge is 0.191 e. The van der Waals surface area contributed by atoms with Crippen molar-refractivity contribution in [3.63, 3.8) is 0 Å². The molecule has 0 saturated heterocycles. The van der Waals surface area contributed by atoms with Gasteiger partial charge >= 0.3 is 0 Å². The van der Waals surface area contributed by atoms with E-state index >= 15 is 0 Å². The summed E-state index contributed by atoms with van der Waals surface area (Å²) in [6, 6.07) is 6.00. The molecule has 1 rings (SSSR count). The van der Waals surface area contributed by atoms with Crippen molar-refractivity contribution >= 4 is 40.0 Å². The highest BCUT2D eigenvalue weighted by atomic mass is 79.9. The first-order chi connectivity index (χ1) is 6.63. The van der Waals surface area contributed by atoms with Crippen molar-refractivity contribution in [2.45, 2.75) is 19.8 Å². The van der Waals surface area contributed by atoms with Crippen molar-refractivity contribution in [3.05, 3.63) is 28.2 Å². The van der Waals surface area contributed by atoms with Crippen molar-refractivity contribution in [1.29, 1.82) is 0 Å². The molecular weight excluding hydrogens is 277 g/mol. The van der Waals surface area contributed by atoms with Gasteiger partial charge in [-0.05, 0) is 40.0 Å². The predicted molar refractivity (Wildman–Crippen MR) is 70.9 cm³/mol. The second-order valence-corrected chi connectivity index (χ2v) is 3.93. The van der Waals surface area contributed by atoms with Gasteiger partial charge in [0.2, 0.25) is 0 Å². The van der Waals surface area contributed by atoms with Gasteiger partial charge in [-0.15, -0.1) is 12.4 Å². The average Bonchev–Trinajstić information content (AvgIpc) is 2.10. The zero-order chi connectivity index (χ0) is 10.6. The Bertz CT molecular complexity index is 349. The summed E-state index contributed by atoms with van der Waals surface area (Å²) in [6.07, 6.45) is 2.20. The lowest BCUT2D eigenvalue weighted by Gasteiger charge is -2.02. The molecule has 0 aliphatic carbocycles. The molecule has 84 valence electrons. The van der Waals surface area contributed by atoms with Crippen LogP contribution in [0.1, 0.15) is 18.9 Å². The van der Waals surface area contributed by atoms with Crippen molar-refractivity contribution in [2.24, 2.45) is 16.5 Å². The van der Waals surface area contributed by atoms with Gasteiger partial charge in [-0.2, -0.15) is 0 Å². The number of halogens is 2. The fraction of sp³-hybridized carbons (Fsp3) is 0.300. The van der Waals surface area contributed by atoms with Crippen LogP contribution in [0.2, 0.25) is 0 Å². The molecule has 0 unspecified atom stereocenters. The summed E-state index contributed by atoms with van der Waals surface area (Å²) in [5.74, 6) is 0.0777. The molecule has 0 aliphatic rings. The Kier molecular flexibility index (Phi) is 6.36. The number of rotatable bonds is 3. The third-order valence-corrected chi connectivity index (χ3v) is 2.44. The Balaban J connectivity index is 0.00000196. The Hall–Kier alpha value is -0.740. The van der Waals surface area contributed by atoms with Crippen LogP contribution in [0.4, 0.5) is 5.69 Å². The highest BCUT2D eigenvalue weighted by Crippen LogP contribution is 2.26. The maximum atomic E-state index is 5.30. The topological polar surface area (TPSA) is 64.4 Å². The van der Waals surface area contributed by atoms with Gasteiger partial charge in [0.15, 0.2) is 5.96 Å². The fourth-order valence-electron chi connectivity index (χ4n) is 1.22. The van der Waals surface area contributed by atoms with Gasteiger partial charge in [0.05, 0.1) is 5.69 Å². The minimum atomic E-state index is 0. The summed E-state index contributed by atoms with van der Waals surface area (Å²) in [5, 5.41) is 0. The second-order valence-electron chi connectivity index (χ2n) is 3.07. The summed E-state index contributed by atoms with van der Waals surface area (Å²) in [7, 11) is 0. The van der Waals surface area contributed by atoms with Gasteiger partial charge in [0.1, 0.15) is 0 Å². The van der Waals surface area contributed by atoms with Gasteiger partial charge in [-0.1, -0.05) is 19.4 Å². The molecule has 0 heterocycles. The first-order valence-corrected chi connectivity index (χ1v) is 5.31. The van der Waals surface area contributed by atoms with Crippen molar-refractivity contribution < 1.29 is 0 Å². The lowest BCUT2D eigenvalue weighted by molar-refractivity contribution is 0.921. The lowest BCUT2D eigenvalue weighted by atomic mass is 10.1. The standard InChI is InChI=1S/C10H14BrN3.ClH/c1-2-3-7-4-5-9(8(11)6-7)14-10(12)13;/h4-6H,2-3H2,1H3,(H4,12,13,14);1H. The van der Waals surface area contributed by atoms with Crippen molar-refractivity contribution in [2.75, 3.05) is 0 Å². The summed E-state index contributed by atoms with van der Waals surface area (Å²) < 4.78 is 0.928. The van der Waals surface area contributed by atoms with Crippen LogP contribution >= 0.6 is 28.3 Å². The highest BCUT2D eigenvalue weighted by Gasteiger charge is 1.99. The van der Waals surface area contributed by atoms with Crippen LogP contribution in [0.5, 0.6) is 0 Å². The molecule has 0 fully saturated rings. The molecule has 4 N–H and O–H groups in total. The normalized spacial score (nSPS) is 9.20. The van der Waals surface area contributed by atoms with E-state index in [0.717, 1.165) is 23.0 Å². The Morgan fingerprint density at radius 1 is 1.40 bits per heavy atom. The zero-order valence-corrected chi connectivity index (χ0v) is 10.9. The van der Waals surface area contributed by atoms with Crippen LogP contribution in [-0.4, -0.2) is 5.96 Å². The average molecular weight is 293 g/mol. The van der Waals surface area contributed by atoms with Crippen LogP contribution in [0.25, 0.3) is 0 Å². The van der Waals surface area contributed by atoms with Gasteiger partial charge < -0.3 is 11.5 Å². The second kappa shape index (κ2) is 6.69.